The smallest absolute Gasteiger partial charge is 0.338 e. The van der Waals surface area contributed by atoms with Crippen molar-refractivity contribution in [1.29, 1.82) is 5.26 Å². The normalized spacial score (nSPS) is 10.0. The third-order valence-electron chi connectivity index (χ3n) is 3.71. The van der Waals surface area contributed by atoms with Crippen LogP contribution in [0.4, 0.5) is 5.69 Å². The van der Waals surface area contributed by atoms with Gasteiger partial charge in [-0.25, -0.2) is 14.5 Å². The molecule has 3 aromatic rings. The van der Waals surface area contributed by atoms with Crippen molar-refractivity contribution in [2.75, 3.05) is 18.1 Å². The molecule has 0 fully saturated rings. The zero-order chi connectivity index (χ0) is 19.1. The number of rotatable bonds is 6. The highest BCUT2D eigenvalue weighted by atomic mass is 16.5. The van der Waals surface area contributed by atoms with Gasteiger partial charge < -0.3 is 4.74 Å². The molecule has 1 aromatic heterocycles. The van der Waals surface area contributed by atoms with Crippen molar-refractivity contribution in [2.24, 2.45) is 0 Å². The van der Waals surface area contributed by atoms with Crippen LogP contribution in [0.5, 0.6) is 0 Å². The van der Waals surface area contributed by atoms with Crippen molar-refractivity contribution >= 4 is 17.6 Å². The van der Waals surface area contributed by atoms with Gasteiger partial charge in [-0.1, -0.05) is 18.2 Å². The van der Waals surface area contributed by atoms with Crippen LogP contribution in [0.1, 0.15) is 10.4 Å². The van der Waals surface area contributed by atoms with Gasteiger partial charge in [0.15, 0.2) is 6.61 Å². The van der Waals surface area contributed by atoms with Crippen LogP contribution in [0.25, 0.3) is 5.69 Å². The molecule has 0 saturated heterocycles. The molecule has 8 nitrogen and oxygen atoms in total. The monoisotopic (exact) mass is 361 g/mol. The number of para-hydroxylation sites is 1. The second-order valence-corrected chi connectivity index (χ2v) is 5.44. The number of aromatic nitrogens is 3. The van der Waals surface area contributed by atoms with Gasteiger partial charge in [0.25, 0.3) is 5.91 Å². The predicted molar refractivity (Wildman–Crippen MR) is 96.0 cm³/mol. The minimum absolute atomic E-state index is 0.132. The quantitative estimate of drug-likeness (QED) is 0.491. The lowest BCUT2D eigenvalue weighted by Gasteiger charge is -2.19. The fourth-order valence-electron chi connectivity index (χ4n) is 2.38. The summed E-state index contributed by atoms with van der Waals surface area (Å²) in [5.41, 5.74) is 1.61. The lowest BCUT2D eigenvalue weighted by Crippen LogP contribution is -2.35. The summed E-state index contributed by atoms with van der Waals surface area (Å²) < 4.78 is 6.65. The van der Waals surface area contributed by atoms with Gasteiger partial charge >= 0.3 is 5.97 Å². The van der Waals surface area contributed by atoms with Gasteiger partial charge in [-0.2, -0.15) is 10.4 Å². The van der Waals surface area contributed by atoms with Gasteiger partial charge in [0.1, 0.15) is 19.2 Å². The summed E-state index contributed by atoms with van der Waals surface area (Å²) >= 11 is 0. The number of esters is 1. The number of nitriles is 1. The molecule has 0 bridgehead atoms. The zero-order valence-corrected chi connectivity index (χ0v) is 14.2. The van der Waals surface area contributed by atoms with Gasteiger partial charge in [0.05, 0.1) is 17.3 Å². The summed E-state index contributed by atoms with van der Waals surface area (Å²) in [6, 6.07) is 17.2. The molecular weight excluding hydrogens is 346 g/mol. The highest BCUT2D eigenvalue weighted by molar-refractivity contribution is 5.97. The van der Waals surface area contributed by atoms with Crippen LogP contribution in [0.3, 0.4) is 0 Å². The molecule has 0 saturated carbocycles. The highest BCUT2D eigenvalue weighted by Crippen LogP contribution is 2.14. The van der Waals surface area contributed by atoms with E-state index in [4.69, 9.17) is 10.00 Å². The summed E-state index contributed by atoms with van der Waals surface area (Å²) in [5.74, 6) is -1.10. The Morgan fingerprint density at radius 2 is 1.85 bits per heavy atom. The van der Waals surface area contributed by atoms with E-state index >= 15 is 0 Å². The number of amides is 1. The molecule has 0 aliphatic rings. The number of carbonyl (C=O) groups excluding carboxylic acids is 2. The second-order valence-electron chi connectivity index (χ2n) is 5.44. The Balaban J connectivity index is 1.62. The second kappa shape index (κ2) is 8.40. The largest absolute Gasteiger partial charge is 0.452 e. The maximum absolute atomic E-state index is 12.4. The lowest BCUT2D eigenvalue weighted by atomic mass is 10.2. The van der Waals surface area contributed by atoms with Gasteiger partial charge in [-0.05, 0) is 36.4 Å². The molecule has 0 aliphatic heterocycles. The maximum Gasteiger partial charge on any atom is 0.338 e. The van der Waals surface area contributed by atoms with Crippen LogP contribution in [0.15, 0.2) is 67.3 Å². The van der Waals surface area contributed by atoms with Crippen molar-refractivity contribution < 1.29 is 14.3 Å². The molecule has 3 rings (SSSR count). The molecule has 0 unspecified atom stereocenters. The standard InChI is InChI=1S/C19H15N5O3/c20-10-11-23(16-4-2-1-3-5-16)18(25)12-27-19(26)15-6-8-17(9-7-15)24-14-21-13-22-24/h1-9,13-14H,11-12H2. The lowest BCUT2D eigenvalue weighted by molar-refractivity contribution is -0.121. The summed E-state index contributed by atoms with van der Waals surface area (Å²) in [6.45, 7) is -0.590. The average molecular weight is 361 g/mol. The molecule has 1 heterocycles. The van der Waals surface area contributed by atoms with E-state index in [-0.39, 0.29) is 6.54 Å². The third-order valence-corrected chi connectivity index (χ3v) is 3.71. The minimum Gasteiger partial charge on any atom is -0.452 e. The van der Waals surface area contributed by atoms with Crippen molar-refractivity contribution in [1.82, 2.24) is 14.8 Å². The molecule has 0 N–H and O–H groups in total. The third kappa shape index (κ3) is 4.35. The Morgan fingerprint density at radius 1 is 1.11 bits per heavy atom. The van der Waals surface area contributed by atoms with Crippen LogP contribution < -0.4 is 4.90 Å². The van der Waals surface area contributed by atoms with Gasteiger partial charge in [-0.3, -0.25) is 9.69 Å². The average Bonchev–Trinajstić information content (AvgIpc) is 3.25. The Kier molecular flexibility index (Phi) is 5.54. The SMILES string of the molecule is N#CCN(C(=O)COC(=O)c1ccc(-n2cncn2)cc1)c1ccccc1. The molecule has 134 valence electrons. The number of hydrogen-bond acceptors (Lipinski definition) is 6. The fourth-order valence-corrected chi connectivity index (χ4v) is 2.38. The number of ether oxygens (including phenoxy) is 1. The van der Waals surface area contributed by atoms with Gasteiger partial charge in [-0.15, -0.1) is 0 Å². The first kappa shape index (κ1) is 17.8. The molecule has 0 spiro atoms. The van der Waals surface area contributed by atoms with Crippen molar-refractivity contribution in [3.05, 3.63) is 72.8 Å². The molecule has 0 aliphatic carbocycles. The number of hydrogen-bond donors (Lipinski definition) is 0. The van der Waals surface area contributed by atoms with E-state index < -0.39 is 18.5 Å². The first-order valence-electron chi connectivity index (χ1n) is 8.03. The van der Waals surface area contributed by atoms with E-state index in [0.717, 1.165) is 5.69 Å². The maximum atomic E-state index is 12.4. The first-order valence-corrected chi connectivity index (χ1v) is 8.03. The molecular formula is C19H15N5O3. The topological polar surface area (TPSA) is 101 Å². The Hall–Kier alpha value is -3.99. The highest BCUT2D eigenvalue weighted by Gasteiger charge is 2.18. The molecule has 8 heteroatoms. The van der Waals surface area contributed by atoms with Crippen LogP contribution in [-0.2, 0) is 9.53 Å². The number of anilines is 1. The molecule has 0 atom stereocenters. The van der Waals surface area contributed by atoms with E-state index in [2.05, 4.69) is 10.1 Å². The first-order chi connectivity index (χ1) is 13.2. The Labute approximate surface area is 155 Å². The van der Waals surface area contributed by atoms with Crippen molar-refractivity contribution in [3.63, 3.8) is 0 Å². The van der Waals surface area contributed by atoms with E-state index in [0.29, 0.717) is 11.3 Å². The molecule has 0 radical (unpaired) electrons. The fraction of sp³-hybridized carbons (Fsp3) is 0.105. The summed E-state index contributed by atoms with van der Waals surface area (Å²) in [5, 5.41) is 12.9. The van der Waals surface area contributed by atoms with Crippen LogP contribution in [0, 0.1) is 11.3 Å². The Morgan fingerprint density at radius 3 is 2.48 bits per heavy atom. The van der Waals surface area contributed by atoms with E-state index in [1.165, 1.54) is 11.2 Å². The summed E-state index contributed by atoms with van der Waals surface area (Å²) in [7, 11) is 0. The molecule has 1 amide bonds. The van der Waals surface area contributed by atoms with E-state index in [1.807, 2.05) is 12.1 Å². The van der Waals surface area contributed by atoms with Gasteiger partial charge in [0.2, 0.25) is 0 Å². The van der Waals surface area contributed by atoms with Crippen molar-refractivity contribution in [3.8, 4) is 11.8 Å². The summed E-state index contributed by atoms with van der Waals surface area (Å²) in [6.07, 6.45) is 2.95. The molecule has 2 aromatic carbocycles. The van der Waals surface area contributed by atoms with Crippen LogP contribution >= 0.6 is 0 Å². The minimum atomic E-state index is -0.626. The molecule has 27 heavy (non-hydrogen) atoms. The van der Waals surface area contributed by atoms with Gasteiger partial charge in [0, 0.05) is 5.69 Å². The van der Waals surface area contributed by atoms with Crippen LogP contribution in [-0.4, -0.2) is 39.8 Å². The number of nitrogens with zero attached hydrogens (tertiary/aromatic N) is 5. The van der Waals surface area contributed by atoms with E-state index in [1.54, 1.807) is 59.5 Å². The van der Waals surface area contributed by atoms with Crippen molar-refractivity contribution in [2.45, 2.75) is 0 Å². The van der Waals surface area contributed by atoms with E-state index in [9.17, 15) is 9.59 Å². The number of benzene rings is 2. The Bertz CT molecular complexity index is 947. The zero-order valence-electron chi connectivity index (χ0n) is 14.2. The van der Waals surface area contributed by atoms with Crippen LogP contribution in [0.2, 0.25) is 0 Å². The predicted octanol–water partition coefficient (Wildman–Crippen LogP) is 1.98. The summed E-state index contributed by atoms with van der Waals surface area (Å²) in [4.78, 5) is 29.7. The number of carbonyl (C=O) groups is 2.